The Hall–Kier alpha value is -3.99. The number of hydrogen-bond acceptors (Lipinski definition) is 6. The third-order valence-corrected chi connectivity index (χ3v) is 6.66. The molecule has 0 aliphatic carbocycles. The summed E-state index contributed by atoms with van der Waals surface area (Å²) >= 11 is 1.34. The normalized spacial score (nSPS) is 11.3. The molecule has 3 rings (SSSR count). The summed E-state index contributed by atoms with van der Waals surface area (Å²) < 4.78 is 3.38. The number of nitrogens with one attached hydrogen (secondary N) is 2. The highest BCUT2D eigenvalue weighted by Gasteiger charge is 2.16. The van der Waals surface area contributed by atoms with Crippen molar-refractivity contribution in [1.82, 2.24) is 15.5 Å². The summed E-state index contributed by atoms with van der Waals surface area (Å²) in [6.45, 7) is 8.33. The van der Waals surface area contributed by atoms with Crippen molar-refractivity contribution in [3.8, 4) is 0 Å². The number of aliphatic carboxylic acids is 2. The van der Waals surface area contributed by atoms with Crippen LogP contribution in [0.25, 0.3) is 20.2 Å². The van der Waals surface area contributed by atoms with Crippen molar-refractivity contribution in [2.45, 2.75) is 52.6 Å². The van der Waals surface area contributed by atoms with Crippen LogP contribution in [0.3, 0.4) is 0 Å². The monoisotopic (exact) mass is 569 g/mol. The Labute approximate surface area is 238 Å². The fourth-order valence-electron chi connectivity index (χ4n) is 3.97. The Morgan fingerprint density at radius 2 is 1.73 bits per heavy atom. The Morgan fingerprint density at radius 3 is 2.25 bits per heavy atom. The summed E-state index contributed by atoms with van der Waals surface area (Å²) in [6.07, 6.45) is -0.634. The lowest BCUT2D eigenvalue weighted by Crippen LogP contribution is -2.51. The van der Waals surface area contributed by atoms with Gasteiger partial charge in [0.1, 0.15) is 0 Å². The molecule has 40 heavy (non-hydrogen) atoms. The second-order valence-corrected chi connectivity index (χ2v) is 11.3. The van der Waals surface area contributed by atoms with Gasteiger partial charge in [-0.15, -0.1) is 11.3 Å². The molecule has 3 aromatic rings. The van der Waals surface area contributed by atoms with Crippen molar-refractivity contribution < 1.29 is 24.4 Å². The van der Waals surface area contributed by atoms with Crippen LogP contribution >= 0.6 is 11.3 Å². The average molecular weight is 570 g/mol. The molecule has 1 heterocycles. The van der Waals surface area contributed by atoms with E-state index in [1.165, 1.54) is 23.5 Å². The van der Waals surface area contributed by atoms with Crippen LogP contribution in [-0.4, -0.2) is 78.7 Å². The number of carbonyl (C=O) groups excluding carboxylic acids is 1. The zero-order valence-corrected chi connectivity index (χ0v) is 25.2. The number of carboxylic acid groups (broad SMARTS) is 2. The second-order valence-electron chi connectivity index (χ2n) is 10.3. The van der Waals surface area contributed by atoms with E-state index in [-0.39, 0.29) is 24.3 Å². The van der Waals surface area contributed by atoms with Crippen LogP contribution in [-0.2, 0) is 22.4 Å². The maximum atomic E-state index is 12.7. The number of carbonyl (C=O) groups is 2. The number of guanidine groups is 2. The molecule has 0 amide bonds. The van der Waals surface area contributed by atoms with Crippen LogP contribution in [0, 0.1) is 0 Å². The minimum atomic E-state index is -1.28. The van der Waals surface area contributed by atoms with Gasteiger partial charge in [0.15, 0.2) is 5.43 Å². The van der Waals surface area contributed by atoms with E-state index in [2.05, 4.69) is 43.3 Å². The van der Waals surface area contributed by atoms with Gasteiger partial charge in [0, 0.05) is 44.6 Å². The molecule has 0 aliphatic heterocycles. The largest absolute Gasteiger partial charge is 0.550 e. The van der Waals surface area contributed by atoms with Crippen molar-refractivity contribution in [3.05, 3.63) is 57.7 Å². The molecule has 0 unspecified atom stereocenters. The van der Waals surface area contributed by atoms with E-state index in [9.17, 15) is 19.5 Å². The fourth-order valence-corrected chi connectivity index (χ4v) is 5.13. The van der Waals surface area contributed by atoms with Gasteiger partial charge in [-0.3, -0.25) is 19.1 Å². The van der Waals surface area contributed by atoms with E-state index < -0.39 is 11.9 Å². The standard InChI is InChI=1S/C17H12O5S.C12H27N5/c18-14(19)7-9-5-10(8-15(20)21)17-12(6-9)16(22)11-3-1-2-4-13(11)23-17;1-9(2)13-11(14-10(3)4)15-12(16(5)6)17(7)8/h1-6H,7-8H2,(H,18,19)(H,20,21);9-10H,1-8H3,(H,13,14). The third-order valence-electron chi connectivity index (χ3n) is 5.39. The predicted molar refractivity (Wildman–Crippen MR) is 160 cm³/mol. The zero-order chi connectivity index (χ0) is 30.1. The first-order valence-electron chi connectivity index (χ1n) is 12.9. The van der Waals surface area contributed by atoms with E-state index >= 15 is 0 Å². The highest BCUT2D eigenvalue weighted by molar-refractivity contribution is 7.24. The van der Waals surface area contributed by atoms with Crippen LogP contribution in [0.5, 0.6) is 0 Å². The summed E-state index contributed by atoms with van der Waals surface area (Å²) in [6, 6.07) is 10.7. The van der Waals surface area contributed by atoms with Crippen molar-refractivity contribution >= 4 is 55.4 Å². The average Bonchev–Trinajstić information content (AvgIpc) is 2.82. The zero-order valence-electron chi connectivity index (χ0n) is 24.4. The Kier molecular flexibility index (Phi) is 11.6. The van der Waals surface area contributed by atoms with Crippen LogP contribution in [0.1, 0.15) is 38.8 Å². The predicted octanol–water partition coefficient (Wildman–Crippen LogP) is 1.86. The van der Waals surface area contributed by atoms with Crippen LogP contribution in [0.2, 0.25) is 0 Å². The summed E-state index contributed by atoms with van der Waals surface area (Å²) in [5.74, 6) is -0.503. The first-order valence-corrected chi connectivity index (χ1v) is 13.7. The second kappa shape index (κ2) is 14.4. The highest BCUT2D eigenvalue weighted by Crippen LogP contribution is 2.29. The number of carboxylic acids is 2. The lowest BCUT2D eigenvalue weighted by Gasteiger charge is -2.17. The first kappa shape index (κ1) is 32.2. The minimum Gasteiger partial charge on any atom is -0.550 e. The number of rotatable bonds is 6. The van der Waals surface area contributed by atoms with Crippen molar-refractivity contribution in [1.29, 1.82) is 0 Å². The van der Waals surface area contributed by atoms with Crippen molar-refractivity contribution in [2.24, 2.45) is 4.99 Å². The molecular formula is C29H39N5O5S. The number of benzene rings is 2. The topological polar surface area (TPSA) is 137 Å². The van der Waals surface area contributed by atoms with Gasteiger partial charge in [0.25, 0.3) is 5.96 Å². The van der Waals surface area contributed by atoms with Gasteiger partial charge in [0.2, 0.25) is 0 Å². The highest BCUT2D eigenvalue weighted by atomic mass is 32.1. The van der Waals surface area contributed by atoms with Gasteiger partial charge in [-0.25, -0.2) is 10.3 Å². The molecule has 0 spiro atoms. The Balaban J connectivity index is 0.000000296. The molecule has 3 N–H and O–H groups in total. The van der Waals surface area contributed by atoms with E-state index in [1.807, 2.05) is 43.7 Å². The summed E-state index contributed by atoms with van der Waals surface area (Å²) in [5, 5.41) is 27.4. The number of aliphatic imine (C=N–C) groups is 1. The van der Waals surface area contributed by atoms with Gasteiger partial charge in [-0.2, -0.15) is 0 Å². The van der Waals surface area contributed by atoms with E-state index in [1.54, 1.807) is 18.2 Å². The maximum absolute atomic E-state index is 12.7. The summed E-state index contributed by atoms with van der Waals surface area (Å²) in [7, 11) is 8.02. The molecule has 0 saturated carbocycles. The van der Waals surface area contributed by atoms with Crippen molar-refractivity contribution in [3.63, 3.8) is 0 Å². The van der Waals surface area contributed by atoms with Gasteiger partial charge >= 0.3 is 11.9 Å². The Bertz CT molecular complexity index is 1490. The molecule has 0 aliphatic rings. The summed E-state index contributed by atoms with van der Waals surface area (Å²) in [4.78, 5) is 41.2. The van der Waals surface area contributed by atoms with Gasteiger partial charge in [0.05, 0.1) is 34.6 Å². The minimum absolute atomic E-state index is 0.221. The molecule has 0 atom stereocenters. The molecule has 0 saturated heterocycles. The van der Waals surface area contributed by atoms with Gasteiger partial charge in [-0.1, -0.05) is 18.2 Å². The molecule has 2 aromatic carbocycles. The Morgan fingerprint density at radius 1 is 1.07 bits per heavy atom. The SMILES string of the molecule is CC(C)N=C(NC(N(C)C)=[N+](C)C)NC(C)C.O=C([O-])Cc1cc(CC(=O)O)c2sc3ccccc3c(=O)c2c1. The molecule has 10 nitrogen and oxygen atoms in total. The van der Waals surface area contributed by atoms with E-state index in [0.29, 0.717) is 32.6 Å². The molecule has 0 radical (unpaired) electrons. The molecule has 0 bridgehead atoms. The van der Waals surface area contributed by atoms with Crippen LogP contribution in [0.4, 0.5) is 0 Å². The lowest BCUT2D eigenvalue weighted by atomic mass is 10.0. The van der Waals surface area contributed by atoms with Gasteiger partial charge in [-0.05, 0) is 57.0 Å². The number of nitrogens with zero attached hydrogens (tertiary/aromatic N) is 3. The number of fused-ring (bicyclic) bond motifs is 2. The molecule has 11 heteroatoms. The molecule has 216 valence electrons. The quantitative estimate of drug-likeness (QED) is 0.177. The maximum Gasteiger partial charge on any atom is 0.354 e. The van der Waals surface area contributed by atoms with Crippen LogP contribution < -0.4 is 21.2 Å². The van der Waals surface area contributed by atoms with Crippen molar-refractivity contribution in [2.75, 3.05) is 28.2 Å². The van der Waals surface area contributed by atoms with E-state index in [4.69, 9.17) is 5.11 Å². The third kappa shape index (κ3) is 9.33. The smallest absolute Gasteiger partial charge is 0.354 e. The molecule has 0 fully saturated rings. The molecular weight excluding hydrogens is 530 g/mol. The lowest BCUT2D eigenvalue weighted by molar-refractivity contribution is -0.471. The summed E-state index contributed by atoms with van der Waals surface area (Å²) in [5.41, 5.74) is 0.591. The molecule has 1 aromatic heterocycles. The van der Waals surface area contributed by atoms with E-state index in [0.717, 1.165) is 16.6 Å². The van der Waals surface area contributed by atoms with Crippen LogP contribution in [0.15, 0.2) is 46.2 Å². The van der Waals surface area contributed by atoms with Gasteiger partial charge < -0.3 is 20.3 Å². The fraction of sp³-hybridized carbons (Fsp3) is 0.414. The first-order chi connectivity index (χ1) is 18.7. The number of hydrogen-bond donors (Lipinski definition) is 3.